The monoisotopic (exact) mass is 297 g/mol. The third-order valence-corrected chi connectivity index (χ3v) is 3.73. The highest BCUT2D eigenvalue weighted by Gasteiger charge is 2.13. The van der Waals surface area contributed by atoms with Crippen LogP contribution in [0.1, 0.15) is 37.7 Å². The van der Waals surface area contributed by atoms with Gasteiger partial charge >= 0.3 is 0 Å². The average Bonchev–Trinajstić information content (AvgIpc) is 2.38. The smallest absolute Gasteiger partial charge is 0.188 e. The molecule has 0 bridgehead atoms. The summed E-state index contributed by atoms with van der Waals surface area (Å²) in [5, 5.41) is 2.36. The SMILES string of the molecule is CC.CCSc1nc(C)c2c(C)nc(Cl)c(C)c2n1. The van der Waals surface area contributed by atoms with Gasteiger partial charge in [-0.2, -0.15) is 0 Å². The summed E-state index contributed by atoms with van der Waals surface area (Å²) in [6, 6.07) is 0. The van der Waals surface area contributed by atoms with Crippen LogP contribution in [-0.2, 0) is 0 Å². The van der Waals surface area contributed by atoms with E-state index in [0.717, 1.165) is 38.8 Å². The fraction of sp³-hybridized carbons (Fsp3) is 0.500. The van der Waals surface area contributed by atoms with Crippen LogP contribution in [0, 0.1) is 20.8 Å². The second-order valence-electron chi connectivity index (χ2n) is 3.86. The maximum atomic E-state index is 6.10. The Morgan fingerprint density at radius 2 is 1.58 bits per heavy atom. The van der Waals surface area contributed by atoms with Crippen molar-refractivity contribution in [2.75, 3.05) is 5.75 Å². The van der Waals surface area contributed by atoms with Crippen molar-refractivity contribution in [2.24, 2.45) is 0 Å². The average molecular weight is 298 g/mol. The van der Waals surface area contributed by atoms with E-state index >= 15 is 0 Å². The Morgan fingerprint density at radius 3 is 2.16 bits per heavy atom. The standard InChI is InChI=1S/C12H14ClN3S.C2H6/c1-5-17-12-15-8(4)9-7(3)14-11(13)6(2)10(9)16-12;1-2/h5H2,1-4H3;1-2H3. The summed E-state index contributed by atoms with van der Waals surface area (Å²) in [6.07, 6.45) is 0. The van der Waals surface area contributed by atoms with E-state index in [4.69, 9.17) is 11.6 Å². The van der Waals surface area contributed by atoms with Crippen LogP contribution in [-0.4, -0.2) is 20.7 Å². The number of aromatic nitrogens is 3. The third kappa shape index (κ3) is 3.37. The summed E-state index contributed by atoms with van der Waals surface area (Å²) in [7, 11) is 0. The third-order valence-electron chi connectivity index (χ3n) is 2.64. The van der Waals surface area contributed by atoms with Crippen molar-refractivity contribution in [3.05, 3.63) is 22.1 Å². The Kier molecular flexibility index (Phi) is 6.01. The molecule has 0 saturated heterocycles. The Bertz CT molecular complexity index is 585. The van der Waals surface area contributed by atoms with E-state index < -0.39 is 0 Å². The Morgan fingerprint density at radius 1 is 1.00 bits per heavy atom. The number of nitrogens with zero attached hydrogens (tertiary/aromatic N) is 3. The fourth-order valence-corrected chi connectivity index (χ4v) is 2.66. The van der Waals surface area contributed by atoms with Crippen LogP contribution in [0.4, 0.5) is 0 Å². The number of hydrogen-bond acceptors (Lipinski definition) is 4. The molecule has 104 valence electrons. The molecule has 2 aromatic heterocycles. The number of rotatable bonds is 2. The molecule has 0 atom stereocenters. The lowest BCUT2D eigenvalue weighted by molar-refractivity contribution is 0.959. The molecule has 0 aromatic carbocycles. The van der Waals surface area contributed by atoms with Crippen molar-refractivity contribution in [1.29, 1.82) is 0 Å². The van der Waals surface area contributed by atoms with E-state index in [1.54, 1.807) is 11.8 Å². The lowest BCUT2D eigenvalue weighted by Crippen LogP contribution is -1.99. The van der Waals surface area contributed by atoms with Gasteiger partial charge in [0.05, 0.1) is 16.9 Å². The summed E-state index contributed by atoms with van der Waals surface area (Å²) in [5.74, 6) is 0.960. The van der Waals surface area contributed by atoms with Gasteiger partial charge in [0.2, 0.25) is 0 Å². The Labute approximate surface area is 124 Å². The molecule has 0 aliphatic rings. The summed E-state index contributed by atoms with van der Waals surface area (Å²) in [6.45, 7) is 12.0. The predicted molar refractivity (Wildman–Crippen MR) is 84.3 cm³/mol. The highest BCUT2D eigenvalue weighted by Crippen LogP contribution is 2.28. The first-order chi connectivity index (χ1) is 9.04. The molecule has 0 fully saturated rings. The van der Waals surface area contributed by atoms with Gasteiger partial charge in [0.15, 0.2) is 5.16 Å². The van der Waals surface area contributed by atoms with Gasteiger partial charge in [0, 0.05) is 10.9 Å². The topological polar surface area (TPSA) is 38.7 Å². The van der Waals surface area contributed by atoms with E-state index in [1.807, 2.05) is 34.6 Å². The largest absolute Gasteiger partial charge is 0.240 e. The summed E-state index contributed by atoms with van der Waals surface area (Å²) in [5.41, 5.74) is 3.71. The van der Waals surface area contributed by atoms with Crippen molar-refractivity contribution in [1.82, 2.24) is 15.0 Å². The quantitative estimate of drug-likeness (QED) is 0.456. The van der Waals surface area contributed by atoms with Crippen LogP contribution in [0.2, 0.25) is 5.15 Å². The molecule has 0 amide bonds. The van der Waals surface area contributed by atoms with Crippen LogP contribution < -0.4 is 0 Å². The molecule has 0 radical (unpaired) electrons. The lowest BCUT2D eigenvalue weighted by Gasteiger charge is -2.10. The predicted octanol–water partition coefficient (Wildman–Crippen LogP) is 4.74. The van der Waals surface area contributed by atoms with E-state index in [1.165, 1.54) is 0 Å². The van der Waals surface area contributed by atoms with E-state index in [0.29, 0.717) is 5.15 Å². The minimum absolute atomic E-state index is 0.528. The maximum absolute atomic E-state index is 6.10. The van der Waals surface area contributed by atoms with Crippen molar-refractivity contribution in [2.45, 2.75) is 46.7 Å². The molecule has 0 unspecified atom stereocenters. The molecule has 2 rings (SSSR count). The minimum Gasteiger partial charge on any atom is -0.240 e. The van der Waals surface area contributed by atoms with Crippen LogP contribution >= 0.6 is 23.4 Å². The van der Waals surface area contributed by atoms with Gasteiger partial charge in [-0.05, 0) is 26.5 Å². The maximum Gasteiger partial charge on any atom is 0.188 e. The lowest BCUT2D eigenvalue weighted by atomic mass is 10.1. The van der Waals surface area contributed by atoms with Crippen LogP contribution in [0.15, 0.2) is 5.16 Å². The number of halogens is 1. The van der Waals surface area contributed by atoms with Crippen LogP contribution in [0.5, 0.6) is 0 Å². The van der Waals surface area contributed by atoms with E-state index in [9.17, 15) is 0 Å². The molecule has 3 nitrogen and oxygen atoms in total. The molecule has 5 heteroatoms. The number of hydrogen-bond donors (Lipinski definition) is 0. The first kappa shape index (κ1) is 16.2. The Hall–Kier alpha value is -0.870. The van der Waals surface area contributed by atoms with Gasteiger partial charge in [-0.15, -0.1) is 0 Å². The number of pyridine rings is 1. The molecule has 0 saturated carbocycles. The van der Waals surface area contributed by atoms with Gasteiger partial charge in [-0.3, -0.25) is 0 Å². The molecule has 2 aromatic rings. The molecule has 0 spiro atoms. The number of thioether (sulfide) groups is 1. The number of fused-ring (bicyclic) bond motifs is 1. The zero-order valence-electron chi connectivity index (χ0n) is 12.3. The second-order valence-corrected chi connectivity index (χ2v) is 5.45. The van der Waals surface area contributed by atoms with Crippen LogP contribution in [0.25, 0.3) is 10.9 Å². The molecule has 0 N–H and O–H groups in total. The normalized spacial score (nSPS) is 10.3. The zero-order chi connectivity index (χ0) is 14.6. The molecule has 19 heavy (non-hydrogen) atoms. The van der Waals surface area contributed by atoms with Crippen LogP contribution in [0.3, 0.4) is 0 Å². The summed E-state index contributed by atoms with van der Waals surface area (Å²) < 4.78 is 0. The van der Waals surface area contributed by atoms with Gasteiger partial charge < -0.3 is 0 Å². The Balaban J connectivity index is 0.000000861. The second kappa shape index (κ2) is 7.06. The van der Waals surface area contributed by atoms with Crippen molar-refractivity contribution < 1.29 is 0 Å². The zero-order valence-corrected chi connectivity index (χ0v) is 13.9. The van der Waals surface area contributed by atoms with Gasteiger partial charge in [0.25, 0.3) is 0 Å². The highest BCUT2D eigenvalue weighted by atomic mass is 35.5. The first-order valence-electron chi connectivity index (χ1n) is 6.48. The van der Waals surface area contributed by atoms with Crippen molar-refractivity contribution >= 4 is 34.3 Å². The van der Waals surface area contributed by atoms with Crippen molar-refractivity contribution in [3.8, 4) is 0 Å². The van der Waals surface area contributed by atoms with Gasteiger partial charge in [0.1, 0.15) is 5.15 Å². The molecule has 2 heterocycles. The summed E-state index contributed by atoms with van der Waals surface area (Å²) >= 11 is 7.74. The first-order valence-corrected chi connectivity index (χ1v) is 7.84. The minimum atomic E-state index is 0.528. The number of aryl methyl sites for hydroxylation is 3. The summed E-state index contributed by atoms with van der Waals surface area (Å²) in [4.78, 5) is 13.4. The van der Waals surface area contributed by atoms with Gasteiger partial charge in [-0.1, -0.05) is 44.1 Å². The highest BCUT2D eigenvalue weighted by molar-refractivity contribution is 7.99. The molecule has 0 aliphatic carbocycles. The van der Waals surface area contributed by atoms with E-state index in [-0.39, 0.29) is 0 Å². The fourth-order valence-electron chi connectivity index (χ4n) is 1.83. The molecule has 0 aliphatic heterocycles. The van der Waals surface area contributed by atoms with Crippen molar-refractivity contribution in [3.63, 3.8) is 0 Å². The molecular weight excluding hydrogens is 278 g/mol. The van der Waals surface area contributed by atoms with Gasteiger partial charge in [-0.25, -0.2) is 15.0 Å². The van der Waals surface area contributed by atoms with E-state index in [2.05, 4.69) is 21.9 Å². The molecular formula is C14H20ClN3S.